The van der Waals surface area contributed by atoms with Crippen LogP contribution in [-0.4, -0.2) is 11.1 Å². The first-order valence-corrected chi connectivity index (χ1v) is 7.23. The van der Waals surface area contributed by atoms with Crippen LogP contribution < -0.4 is 16.0 Å². The zero-order valence-electron chi connectivity index (χ0n) is 11.5. The second-order valence-corrected chi connectivity index (χ2v) is 5.66. The standard InChI is InChI=1S/C15H18BrN3O/c1-10(2)20-13-5-3-4-11(8-13)15(19-17)14-7-6-12(16)9-18-14/h3-10,15,19H,17H2,1-2H3. The van der Waals surface area contributed by atoms with Gasteiger partial charge in [0.1, 0.15) is 5.75 Å². The normalized spacial score (nSPS) is 12.4. The Morgan fingerprint density at radius 1 is 1.25 bits per heavy atom. The van der Waals surface area contributed by atoms with E-state index in [4.69, 9.17) is 10.6 Å². The quantitative estimate of drug-likeness (QED) is 0.650. The minimum Gasteiger partial charge on any atom is -0.491 e. The number of hydrogen-bond donors (Lipinski definition) is 2. The van der Waals surface area contributed by atoms with E-state index in [9.17, 15) is 0 Å². The predicted molar refractivity (Wildman–Crippen MR) is 83.3 cm³/mol. The van der Waals surface area contributed by atoms with Crippen LogP contribution in [0.25, 0.3) is 0 Å². The highest BCUT2D eigenvalue weighted by Gasteiger charge is 2.14. The van der Waals surface area contributed by atoms with Gasteiger partial charge in [-0.15, -0.1) is 0 Å². The van der Waals surface area contributed by atoms with Crippen LogP contribution in [0.5, 0.6) is 5.75 Å². The number of nitrogens with two attached hydrogens (primary N) is 1. The molecule has 0 aliphatic rings. The van der Waals surface area contributed by atoms with E-state index >= 15 is 0 Å². The minimum atomic E-state index is -0.168. The Hall–Kier alpha value is -1.43. The molecule has 4 nitrogen and oxygen atoms in total. The lowest BCUT2D eigenvalue weighted by atomic mass is 10.0. The Kier molecular flexibility index (Phi) is 5.11. The van der Waals surface area contributed by atoms with Crippen LogP contribution in [-0.2, 0) is 0 Å². The van der Waals surface area contributed by atoms with Crippen molar-refractivity contribution < 1.29 is 4.74 Å². The van der Waals surface area contributed by atoms with Crippen LogP contribution in [0.1, 0.15) is 31.1 Å². The average Bonchev–Trinajstić information content (AvgIpc) is 2.41. The lowest BCUT2D eigenvalue weighted by Gasteiger charge is -2.17. The predicted octanol–water partition coefficient (Wildman–Crippen LogP) is 3.18. The lowest BCUT2D eigenvalue weighted by molar-refractivity contribution is 0.242. The van der Waals surface area contributed by atoms with E-state index in [0.717, 1.165) is 21.5 Å². The summed E-state index contributed by atoms with van der Waals surface area (Å²) in [6.07, 6.45) is 1.90. The Balaban J connectivity index is 2.29. The molecule has 0 aliphatic heterocycles. The highest BCUT2D eigenvalue weighted by molar-refractivity contribution is 9.10. The molecule has 1 aromatic carbocycles. The molecule has 0 aliphatic carbocycles. The fraction of sp³-hybridized carbons (Fsp3) is 0.267. The number of nitrogens with zero attached hydrogens (tertiary/aromatic N) is 1. The number of halogens is 1. The van der Waals surface area contributed by atoms with Crippen molar-refractivity contribution >= 4 is 15.9 Å². The third kappa shape index (κ3) is 3.79. The Morgan fingerprint density at radius 2 is 2.05 bits per heavy atom. The maximum atomic E-state index is 5.71. The van der Waals surface area contributed by atoms with Gasteiger partial charge >= 0.3 is 0 Å². The number of hydrazine groups is 1. The van der Waals surface area contributed by atoms with E-state index in [2.05, 4.69) is 26.3 Å². The molecule has 1 heterocycles. The van der Waals surface area contributed by atoms with Crippen LogP contribution >= 0.6 is 15.9 Å². The summed E-state index contributed by atoms with van der Waals surface area (Å²) in [4.78, 5) is 4.39. The second kappa shape index (κ2) is 6.83. The molecule has 3 N–H and O–H groups in total. The topological polar surface area (TPSA) is 60.2 Å². The molecule has 0 saturated heterocycles. The van der Waals surface area contributed by atoms with E-state index in [0.29, 0.717) is 0 Å². The van der Waals surface area contributed by atoms with E-state index in [1.165, 1.54) is 0 Å². The van der Waals surface area contributed by atoms with Gasteiger partial charge in [0.2, 0.25) is 0 Å². The molecule has 0 radical (unpaired) electrons. The van der Waals surface area contributed by atoms with Crippen LogP contribution in [0, 0.1) is 0 Å². The summed E-state index contributed by atoms with van der Waals surface area (Å²) in [5, 5.41) is 0. The highest BCUT2D eigenvalue weighted by Crippen LogP contribution is 2.24. The molecule has 20 heavy (non-hydrogen) atoms. The maximum Gasteiger partial charge on any atom is 0.120 e. The van der Waals surface area contributed by atoms with Gasteiger partial charge in [-0.1, -0.05) is 12.1 Å². The van der Waals surface area contributed by atoms with Crippen LogP contribution in [0.4, 0.5) is 0 Å². The van der Waals surface area contributed by atoms with Crippen molar-refractivity contribution in [2.45, 2.75) is 26.0 Å². The largest absolute Gasteiger partial charge is 0.491 e. The van der Waals surface area contributed by atoms with Crippen molar-refractivity contribution in [3.05, 3.63) is 58.3 Å². The second-order valence-electron chi connectivity index (χ2n) is 4.74. The van der Waals surface area contributed by atoms with Gasteiger partial charge in [0.05, 0.1) is 17.8 Å². The molecule has 1 unspecified atom stereocenters. The molecule has 0 bridgehead atoms. The third-order valence-electron chi connectivity index (χ3n) is 2.78. The molecular formula is C15H18BrN3O. The Bertz CT molecular complexity index is 557. The van der Waals surface area contributed by atoms with E-state index in [-0.39, 0.29) is 12.1 Å². The first-order chi connectivity index (χ1) is 9.60. The molecule has 0 fully saturated rings. The molecule has 5 heteroatoms. The molecule has 0 amide bonds. The first-order valence-electron chi connectivity index (χ1n) is 6.44. The number of benzene rings is 1. The first kappa shape index (κ1) is 15.0. The number of hydrogen-bond acceptors (Lipinski definition) is 4. The molecule has 2 rings (SSSR count). The minimum absolute atomic E-state index is 0.139. The van der Waals surface area contributed by atoms with Crippen molar-refractivity contribution in [3.63, 3.8) is 0 Å². The fourth-order valence-corrected chi connectivity index (χ4v) is 2.18. The molecule has 1 atom stereocenters. The van der Waals surface area contributed by atoms with Gasteiger partial charge in [0.15, 0.2) is 0 Å². The van der Waals surface area contributed by atoms with Crippen molar-refractivity contribution in [2.75, 3.05) is 0 Å². The molecule has 0 saturated carbocycles. The monoisotopic (exact) mass is 335 g/mol. The fourth-order valence-electron chi connectivity index (χ4n) is 1.95. The number of rotatable bonds is 5. The number of aromatic nitrogens is 1. The van der Waals surface area contributed by atoms with Gasteiger partial charge in [-0.2, -0.15) is 0 Å². The molecule has 1 aromatic heterocycles. The summed E-state index contributed by atoms with van der Waals surface area (Å²) in [7, 11) is 0. The number of nitrogens with one attached hydrogen (secondary N) is 1. The van der Waals surface area contributed by atoms with Crippen molar-refractivity contribution in [2.24, 2.45) is 5.84 Å². The van der Waals surface area contributed by atoms with Gasteiger partial charge in [0, 0.05) is 10.7 Å². The van der Waals surface area contributed by atoms with Gasteiger partial charge in [0.25, 0.3) is 0 Å². The highest BCUT2D eigenvalue weighted by atomic mass is 79.9. The van der Waals surface area contributed by atoms with Crippen molar-refractivity contribution in [1.82, 2.24) is 10.4 Å². The van der Waals surface area contributed by atoms with Crippen LogP contribution in [0.15, 0.2) is 47.1 Å². The summed E-state index contributed by atoms with van der Waals surface area (Å²) in [5.41, 5.74) is 4.67. The van der Waals surface area contributed by atoms with E-state index in [1.54, 1.807) is 6.20 Å². The molecular weight excluding hydrogens is 318 g/mol. The van der Waals surface area contributed by atoms with Crippen LogP contribution in [0.2, 0.25) is 0 Å². The Labute approximate surface area is 127 Å². The Morgan fingerprint density at radius 3 is 2.65 bits per heavy atom. The molecule has 0 spiro atoms. The van der Waals surface area contributed by atoms with E-state index < -0.39 is 0 Å². The van der Waals surface area contributed by atoms with Crippen molar-refractivity contribution in [1.29, 1.82) is 0 Å². The summed E-state index contributed by atoms with van der Waals surface area (Å²) >= 11 is 3.38. The zero-order valence-corrected chi connectivity index (χ0v) is 13.1. The van der Waals surface area contributed by atoms with E-state index in [1.807, 2.05) is 50.2 Å². The number of pyridine rings is 1. The van der Waals surface area contributed by atoms with Gasteiger partial charge in [-0.3, -0.25) is 10.8 Å². The summed E-state index contributed by atoms with van der Waals surface area (Å²) < 4.78 is 6.65. The van der Waals surface area contributed by atoms with Gasteiger partial charge in [-0.05, 0) is 59.6 Å². The average molecular weight is 336 g/mol. The van der Waals surface area contributed by atoms with Crippen LogP contribution in [0.3, 0.4) is 0 Å². The summed E-state index contributed by atoms with van der Waals surface area (Å²) in [6, 6.07) is 11.6. The van der Waals surface area contributed by atoms with Gasteiger partial charge < -0.3 is 4.74 Å². The SMILES string of the molecule is CC(C)Oc1cccc(C(NN)c2ccc(Br)cn2)c1. The molecule has 2 aromatic rings. The third-order valence-corrected chi connectivity index (χ3v) is 3.24. The lowest BCUT2D eigenvalue weighted by Crippen LogP contribution is -2.29. The summed E-state index contributed by atoms with van der Waals surface area (Å²) in [5.74, 6) is 6.51. The summed E-state index contributed by atoms with van der Waals surface area (Å²) in [6.45, 7) is 4.00. The number of ether oxygens (including phenoxy) is 1. The zero-order chi connectivity index (χ0) is 14.5. The molecule has 106 valence electrons. The van der Waals surface area contributed by atoms with Crippen molar-refractivity contribution in [3.8, 4) is 5.75 Å². The smallest absolute Gasteiger partial charge is 0.120 e. The van der Waals surface area contributed by atoms with Gasteiger partial charge in [-0.25, -0.2) is 5.43 Å². The maximum absolute atomic E-state index is 5.71.